The summed E-state index contributed by atoms with van der Waals surface area (Å²) in [5.74, 6) is 0.548. The number of pyridine rings is 1. The normalized spacial score (nSPS) is 11.3. The van der Waals surface area contributed by atoms with E-state index in [4.69, 9.17) is 5.11 Å². The lowest BCUT2D eigenvalue weighted by molar-refractivity contribution is -0.138. The number of nitrogens with one attached hydrogen (secondary N) is 2. The van der Waals surface area contributed by atoms with Gasteiger partial charge in [-0.2, -0.15) is 18.2 Å². The van der Waals surface area contributed by atoms with Crippen molar-refractivity contribution in [3.05, 3.63) is 59.9 Å². The number of aromatic nitrogens is 3. The van der Waals surface area contributed by atoms with Crippen LogP contribution in [0.4, 0.5) is 30.6 Å². The molecule has 3 aromatic rings. The van der Waals surface area contributed by atoms with Gasteiger partial charge in [0.25, 0.3) is 0 Å². The summed E-state index contributed by atoms with van der Waals surface area (Å²) in [7, 11) is 0. The molecule has 0 saturated heterocycles. The van der Waals surface area contributed by atoms with E-state index in [1.807, 2.05) is 6.07 Å². The zero-order valence-corrected chi connectivity index (χ0v) is 15.0. The fraction of sp³-hybridized carbons (Fsp3) is 0.211. The predicted molar refractivity (Wildman–Crippen MR) is 100 cm³/mol. The van der Waals surface area contributed by atoms with E-state index in [9.17, 15) is 13.2 Å². The van der Waals surface area contributed by atoms with Crippen LogP contribution in [0.1, 0.15) is 11.1 Å². The van der Waals surface area contributed by atoms with Gasteiger partial charge in [0.15, 0.2) is 0 Å². The Labute approximate surface area is 159 Å². The van der Waals surface area contributed by atoms with Crippen molar-refractivity contribution >= 4 is 17.5 Å². The number of anilines is 3. The molecular formula is C19H18F3N5O. The Morgan fingerprint density at radius 3 is 2.61 bits per heavy atom. The minimum atomic E-state index is -4.44. The van der Waals surface area contributed by atoms with Crippen LogP contribution in [0, 0.1) is 6.92 Å². The van der Waals surface area contributed by atoms with Gasteiger partial charge >= 0.3 is 6.18 Å². The minimum Gasteiger partial charge on any atom is -0.395 e. The maximum atomic E-state index is 13.2. The first-order valence-electron chi connectivity index (χ1n) is 8.46. The number of benzene rings is 1. The van der Waals surface area contributed by atoms with Crippen molar-refractivity contribution < 1.29 is 18.3 Å². The van der Waals surface area contributed by atoms with Gasteiger partial charge in [-0.15, -0.1) is 0 Å². The number of nitrogens with zero attached hydrogens (tertiary/aromatic N) is 3. The van der Waals surface area contributed by atoms with Crippen molar-refractivity contribution in [1.82, 2.24) is 15.0 Å². The van der Waals surface area contributed by atoms with Crippen LogP contribution in [0.15, 0.2) is 48.8 Å². The molecule has 0 radical (unpaired) electrons. The van der Waals surface area contributed by atoms with Crippen LogP contribution in [-0.2, 0) is 6.18 Å². The van der Waals surface area contributed by atoms with Gasteiger partial charge in [0.2, 0.25) is 5.95 Å². The van der Waals surface area contributed by atoms with E-state index in [-0.39, 0.29) is 30.4 Å². The number of aliphatic hydroxyl groups excluding tert-OH is 1. The highest BCUT2D eigenvalue weighted by Gasteiger charge is 2.32. The monoisotopic (exact) mass is 389 g/mol. The molecule has 28 heavy (non-hydrogen) atoms. The van der Waals surface area contributed by atoms with Crippen molar-refractivity contribution in [1.29, 1.82) is 0 Å². The lowest BCUT2D eigenvalue weighted by atomic mass is 10.1. The molecule has 2 aromatic heterocycles. The van der Waals surface area contributed by atoms with Gasteiger partial charge in [-0.05, 0) is 36.8 Å². The maximum absolute atomic E-state index is 13.2. The summed E-state index contributed by atoms with van der Waals surface area (Å²) in [5.41, 5.74) is 0.940. The lowest BCUT2D eigenvalue weighted by Crippen LogP contribution is -2.11. The molecule has 0 aliphatic heterocycles. The molecule has 0 spiro atoms. The van der Waals surface area contributed by atoms with Gasteiger partial charge in [-0.25, -0.2) is 4.98 Å². The molecule has 0 unspecified atom stereocenters. The minimum absolute atomic E-state index is 0.115. The number of halogens is 3. The van der Waals surface area contributed by atoms with E-state index < -0.39 is 11.7 Å². The molecule has 0 bridgehead atoms. The van der Waals surface area contributed by atoms with E-state index in [1.165, 1.54) is 13.0 Å². The van der Waals surface area contributed by atoms with Crippen LogP contribution in [0.3, 0.4) is 0 Å². The molecule has 0 fully saturated rings. The molecule has 0 saturated carbocycles. The Kier molecular flexibility index (Phi) is 5.74. The molecule has 0 amide bonds. The predicted octanol–water partition coefficient (Wildman–Crippen LogP) is 4.01. The summed E-state index contributed by atoms with van der Waals surface area (Å²) in [5, 5.41) is 14.8. The fourth-order valence-electron chi connectivity index (χ4n) is 2.57. The number of rotatable bonds is 6. The Hall–Kier alpha value is -3.20. The number of aryl methyl sites for hydroxylation is 1. The van der Waals surface area contributed by atoms with E-state index in [1.54, 1.807) is 30.6 Å². The summed E-state index contributed by atoms with van der Waals surface area (Å²) in [6.07, 6.45) is -1.20. The third-order valence-electron chi connectivity index (χ3n) is 3.89. The molecule has 6 nitrogen and oxygen atoms in total. The third-order valence-corrected chi connectivity index (χ3v) is 3.89. The van der Waals surface area contributed by atoms with Crippen LogP contribution in [0.5, 0.6) is 0 Å². The third kappa shape index (κ3) is 4.74. The summed E-state index contributed by atoms with van der Waals surface area (Å²) >= 11 is 0. The zero-order chi connectivity index (χ0) is 20.1. The summed E-state index contributed by atoms with van der Waals surface area (Å²) in [4.78, 5) is 12.7. The highest BCUT2D eigenvalue weighted by Crippen LogP contribution is 2.34. The molecule has 0 aliphatic carbocycles. The van der Waals surface area contributed by atoms with Crippen molar-refractivity contribution in [2.24, 2.45) is 0 Å². The van der Waals surface area contributed by atoms with Crippen molar-refractivity contribution in [3.8, 4) is 11.3 Å². The van der Waals surface area contributed by atoms with Crippen molar-refractivity contribution in [3.63, 3.8) is 0 Å². The van der Waals surface area contributed by atoms with Gasteiger partial charge in [0.05, 0.1) is 17.9 Å². The lowest BCUT2D eigenvalue weighted by Gasteiger charge is -2.14. The maximum Gasteiger partial charge on any atom is 0.416 e. The number of hydrogen-bond donors (Lipinski definition) is 3. The van der Waals surface area contributed by atoms with Crippen molar-refractivity contribution in [2.75, 3.05) is 23.8 Å². The molecule has 3 N–H and O–H groups in total. The molecule has 146 valence electrons. The molecule has 9 heteroatoms. The number of aliphatic hydroxyl groups is 1. The first kappa shape index (κ1) is 19.6. The van der Waals surface area contributed by atoms with Gasteiger partial charge in [-0.1, -0.05) is 6.07 Å². The standard InChI is InChI=1S/C19H18F3N5O/c1-12-4-5-14(9-15(12)19(20,21)22)25-17-10-16(13-3-2-6-23-11-13)26-18(27-17)24-7-8-28/h2-6,9-11,28H,7-8H2,1H3,(H2,24,25,26,27). The molecule has 0 atom stereocenters. The number of hydrogen-bond acceptors (Lipinski definition) is 6. The fourth-order valence-corrected chi connectivity index (χ4v) is 2.57. The van der Waals surface area contributed by atoms with Gasteiger partial charge < -0.3 is 15.7 Å². The van der Waals surface area contributed by atoms with Crippen LogP contribution in [-0.4, -0.2) is 33.2 Å². The van der Waals surface area contributed by atoms with Crippen LogP contribution in [0.2, 0.25) is 0 Å². The second kappa shape index (κ2) is 8.22. The Bertz CT molecular complexity index is 948. The molecular weight excluding hydrogens is 371 g/mol. The Balaban J connectivity index is 1.97. The van der Waals surface area contributed by atoms with Gasteiger partial charge in [-0.3, -0.25) is 4.98 Å². The Morgan fingerprint density at radius 2 is 1.93 bits per heavy atom. The highest BCUT2D eigenvalue weighted by molar-refractivity contribution is 5.67. The quantitative estimate of drug-likeness (QED) is 0.591. The zero-order valence-electron chi connectivity index (χ0n) is 15.0. The van der Waals surface area contributed by atoms with E-state index >= 15 is 0 Å². The van der Waals surface area contributed by atoms with E-state index in [2.05, 4.69) is 25.6 Å². The van der Waals surface area contributed by atoms with Crippen LogP contribution in [0.25, 0.3) is 11.3 Å². The van der Waals surface area contributed by atoms with Gasteiger partial charge in [0.1, 0.15) is 5.82 Å². The second-order valence-electron chi connectivity index (χ2n) is 6.01. The summed E-state index contributed by atoms with van der Waals surface area (Å²) in [6, 6.07) is 9.18. The largest absolute Gasteiger partial charge is 0.416 e. The second-order valence-corrected chi connectivity index (χ2v) is 6.01. The van der Waals surface area contributed by atoms with E-state index in [0.717, 1.165) is 11.6 Å². The SMILES string of the molecule is Cc1ccc(Nc2cc(-c3cccnc3)nc(NCCO)n2)cc1C(F)(F)F. The Morgan fingerprint density at radius 1 is 1.11 bits per heavy atom. The highest BCUT2D eigenvalue weighted by atomic mass is 19.4. The first-order chi connectivity index (χ1) is 13.4. The molecule has 2 heterocycles. The molecule has 3 rings (SSSR count). The average Bonchev–Trinajstić information content (AvgIpc) is 2.67. The number of alkyl halides is 3. The topological polar surface area (TPSA) is 83.0 Å². The summed E-state index contributed by atoms with van der Waals surface area (Å²) in [6.45, 7) is 1.53. The smallest absolute Gasteiger partial charge is 0.395 e. The van der Waals surface area contributed by atoms with Crippen molar-refractivity contribution in [2.45, 2.75) is 13.1 Å². The first-order valence-corrected chi connectivity index (χ1v) is 8.46. The average molecular weight is 389 g/mol. The molecule has 0 aliphatic rings. The van der Waals surface area contributed by atoms with Crippen LogP contribution < -0.4 is 10.6 Å². The molecule has 1 aromatic carbocycles. The van der Waals surface area contributed by atoms with Crippen LogP contribution >= 0.6 is 0 Å². The summed E-state index contributed by atoms with van der Waals surface area (Å²) < 4.78 is 39.5. The van der Waals surface area contributed by atoms with E-state index in [0.29, 0.717) is 11.5 Å². The van der Waals surface area contributed by atoms with Gasteiger partial charge in [0, 0.05) is 36.3 Å².